The van der Waals surface area contributed by atoms with Gasteiger partial charge in [-0.2, -0.15) is 0 Å². The molecule has 0 saturated carbocycles. The van der Waals surface area contributed by atoms with Crippen LogP contribution in [0.2, 0.25) is 0 Å². The van der Waals surface area contributed by atoms with Crippen LogP contribution in [0.25, 0.3) is 0 Å². The number of halogens is 1. The summed E-state index contributed by atoms with van der Waals surface area (Å²) in [5.41, 5.74) is -0.166. The standard InChI is InChI=1S/C20H26ClNO5/c1-25-17-7-6-15(18(12-17)26-2)14-22-11-8-16(23)13-20(22,19(24)27-3)9-4-5-10-21/h6-8,11-12H,4-5,9-10,13-14H2,1-3H3. The number of hydrogen-bond acceptors (Lipinski definition) is 6. The largest absolute Gasteiger partial charge is 0.497 e. The molecule has 1 aromatic rings. The molecule has 0 N–H and O–H groups in total. The van der Waals surface area contributed by atoms with Crippen LogP contribution in [0.5, 0.6) is 11.5 Å². The number of ether oxygens (including phenoxy) is 3. The van der Waals surface area contributed by atoms with Crippen molar-refractivity contribution >= 4 is 23.4 Å². The quantitative estimate of drug-likeness (QED) is 0.363. The van der Waals surface area contributed by atoms with Gasteiger partial charge < -0.3 is 19.1 Å². The first-order valence-corrected chi connectivity index (χ1v) is 9.37. The van der Waals surface area contributed by atoms with Gasteiger partial charge in [-0.25, -0.2) is 4.79 Å². The van der Waals surface area contributed by atoms with E-state index in [1.165, 1.54) is 13.2 Å². The Bertz CT molecular complexity index is 706. The zero-order chi connectivity index (χ0) is 19.9. The Balaban J connectivity index is 2.39. The van der Waals surface area contributed by atoms with Crippen LogP contribution < -0.4 is 9.47 Å². The Morgan fingerprint density at radius 2 is 2.00 bits per heavy atom. The Kier molecular flexibility index (Phi) is 7.54. The maximum atomic E-state index is 12.7. The number of rotatable bonds is 9. The number of nitrogens with zero attached hydrogens (tertiary/aromatic N) is 1. The number of carbonyl (C=O) groups excluding carboxylic acids is 2. The maximum Gasteiger partial charge on any atom is 0.332 e. The van der Waals surface area contributed by atoms with Gasteiger partial charge in [0.25, 0.3) is 0 Å². The van der Waals surface area contributed by atoms with Crippen LogP contribution in [-0.4, -0.2) is 49.4 Å². The van der Waals surface area contributed by atoms with E-state index in [0.717, 1.165) is 18.4 Å². The molecule has 0 bridgehead atoms. The van der Waals surface area contributed by atoms with E-state index in [1.54, 1.807) is 26.5 Å². The molecule has 2 rings (SSSR count). The lowest BCUT2D eigenvalue weighted by atomic mass is 9.83. The van der Waals surface area contributed by atoms with Gasteiger partial charge in [0.05, 0.1) is 21.3 Å². The first kappa shape index (κ1) is 21.1. The van der Waals surface area contributed by atoms with E-state index in [0.29, 0.717) is 30.3 Å². The topological polar surface area (TPSA) is 65.1 Å². The van der Waals surface area contributed by atoms with E-state index >= 15 is 0 Å². The maximum absolute atomic E-state index is 12.7. The molecule has 0 spiro atoms. The van der Waals surface area contributed by atoms with Crippen LogP contribution in [0.1, 0.15) is 31.2 Å². The van der Waals surface area contributed by atoms with Crippen molar-refractivity contribution in [2.75, 3.05) is 27.2 Å². The third-order valence-electron chi connectivity index (χ3n) is 4.83. The van der Waals surface area contributed by atoms with Crippen molar-refractivity contribution < 1.29 is 23.8 Å². The van der Waals surface area contributed by atoms with Crippen molar-refractivity contribution in [2.24, 2.45) is 0 Å². The fraction of sp³-hybridized carbons (Fsp3) is 0.500. The zero-order valence-electron chi connectivity index (χ0n) is 16.0. The van der Waals surface area contributed by atoms with Crippen molar-refractivity contribution in [1.29, 1.82) is 0 Å². The summed E-state index contributed by atoms with van der Waals surface area (Å²) in [7, 11) is 4.52. The smallest absolute Gasteiger partial charge is 0.332 e. The molecule has 0 aromatic heterocycles. The third kappa shape index (κ3) is 4.75. The number of allylic oxidation sites excluding steroid dienone is 1. The second-order valence-electron chi connectivity index (χ2n) is 6.43. The van der Waals surface area contributed by atoms with Crippen molar-refractivity contribution in [1.82, 2.24) is 4.90 Å². The van der Waals surface area contributed by atoms with Gasteiger partial charge in [-0.15, -0.1) is 11.6 Å². The minimum Gasteiger partial charge on any atom is -0.497 e. The van der Waals surface area contributed by atoms with E-state index in [9.17, 15) is 9.59 Å². The highest BCUT2D eigenvalue weighted by atomic mass is 35.5. The molecule has 1 atom stereocenters. The van der Waals surface area contributed by atoms with Crippen molar-refractivity contribution in [3.63, 3.8) is 0 Å². The Morgan fingerprint density at radius 1 is 1.22 bits per heavy atom. The third-order valence-corrected chi connectivity index (χ3v) is 5.10. The molecule has 1 unspecified atom stereocenters. The summed E-state index contributed by atoms with van der Waals surface area (Å²) in [6, 6.07) is 5.52. The van der Waals surface area contributed by atoms with E-state index in [4.69, 9.17) is 25.8 Å². The molecule has 1 aromatic carbocycles. The molecular weight excluding hydrogens is 370 g/mol. The molecule has 0 fully saturated rings. The van der Waals surface area contributed by atoms with Gasteiger partial charge in [-0.1, -0.05) is 0 Å². The lowest BCUT2D eigenvalue weighted by molar-refractivity contribution is -0.157. The molecule has 1 aliphatic heterocycles. The lowest BCUT2D eigenvalue weighted by Crippen LogP contribution is -2.55. The molecule has 148 valence electrons. The SMILES string of the molecule is COC(=O)C1(CCCCCl)CC(=O)C=CN1Cc1ccc(OC)cc1OC. The zero-order valence-corrected chi connectivity index (χ0v) is 16.8. The Hall–Kier alpha value is -2.21. The Morgan fingerprint density at radius 3 is 2.63 bits per heavy atom. The number of carbonyl (C=O) groups is 2. The van der Waals surface area contributed by atoms with E-state index in [1.807, 2.05) is 17.0 Å². The van der Waals surface area contributed by atoms with Crippen molar-refractivity contribution in [3.05, 3.63) is 36.0 Å². The lowest BCUT2D eigenvalue weighted by Gasteiger charge is -2.43. The van der Waals surface area contributed by atoms with Crippen molar-refractivity contribution in [2.45, 2.75) is 37.8 Å². The van der Waals surface area contributed by atoms with Crippen LogP contribution in [0.4, 0.5) is 0 Å². The molecule has 6 nitrogen and oxygen atoms in total. The summed E-state index contributed by atoms with van der Waals surface area (Å²) in [6.45, 7) is 0.396. The summed E-state index contributed by atoms with van der Waals surface area (Å²) in [5.74, 6) is 1.33. The van der Waals surface area contributed by atoms with Crippen LogP contribution in [0.15, 0.2) is 30.5 Å². The summed E-state index contributed by atoms with van der Waals surface area (Å²) < 4.78 is 15.8. The van der Waals surface area contributed by atoms with E-state index < -0.39 is 11.5 Å². The van der Waals surface area contributed by atoms with E-state index in [-0.39, 0.29) is 12.2 Å². The fourth-order valence-electron chi connectivity index (χ4n) is 3.36. The van der Waals surface area contributed by atoms with Crippen LogP contribution in [0, 0.1) is 0 Å². The van der Waals surface area contributed by atoms with Gasteiger partial charge in [-0.05, 0) is 37.5 Å². The molecule has 27 heavy (non-hydrogen) atoms. The highest BCUT2D eigenvalue weighted by Gasteiger charge is 2.46. The number of benzene rings is 1. The average molecular weight is 396 g/mol. The number of methoxy groups -OCH3 is 3. The molecule has 1 aliphatic rings. The number of unbranched alkanes of at least 4 members (excludes halogenated alkanes) is 1. The molecule has 0 aliphatic carbocycles. The molecular formula is C20H26ClNO5. The predicted octanol–water partition coefficient (Wildman–Crippen LogP) is 3.31. The number of ketones is 1. The normalized spacial score (nSPS) is 19.1. The molecule has 7 heteroatoms. The summed E-state index contributed by atoms with van der Waals surface area (Å²) in [6.07, 6.45) is 5.22. The first-order chi connectivity index (χ1) is 13.0. The monoisotopic (exact) mass is 395 g/mol. The van der Waals surface area contributed by atoms with Crippen LogP contribution >= 0.6 is 11.6 Å². The minimum absolute atomic E-state index is 0.0803. The van der Waals surface area contributed by atoms with Crippen LogP contribution in [0.3, 0.4) is 0 Å². The van der Waals surface area contributed by atoms with Gasteiger partial charge >= 0.3 is 5.97 Å². The Labute approximate surface area is 165 Å². The van der Waals surface area contributed by atoms with Gasteiger partial charge in [0.1, 0.15) is 17.0 Å². The fourth-order valence-corrected chi connectivity index (χ4v) is 3.55. The summed E-state index contributed by atoms with van der Waals surface area (Å²) in [5, 5.41) is 0. The summed E-state index contributed by atoms with van der Waals surface area (Å²) >= 11 is 5.80. The molecule has 1 heterocycles. The van der Waals surface area contributed by atoms with Gasteiger partial charge in [0, 0.05) is 36.7 Å². The minimum atomic E-state index is -1.04. The van der Waals surface area contributed by atoms with Gasteiger partial charge in [-0.3, -0.25) is 4.79 Å². The van der Waals surface area contributed by atoms with E-state index in [2.05, 4.69) is 0 Å². The second-order valence-corrected chi connectivity index (χ2v) is 6.81. The predicted molar refractivity (Wildman–Crippen MR) is 103 cm³/mol. The molecule has 0 amide bonds. The first-order valence-electron chi connectivity index (χ1n) is 8.83. The average Bonchev–Trinajstić information content (AvgIpc) is 2.69. The molecule has 0 saturated heterocycles. The number of alkyl halides is 1. The number of esters is 1. The highest BCUT2D eigenvalue weighted by molar-refractivity contribution is 6.17. The summed E-state index contributed by atoms with van der Waals surface area (Å²) in [4.78, 5) is 26.8. The van der Waals surface area contributed by atoms with Gasteiger partial charge in [0.2, 0.25) is 0 Å². The van der Waals surface area contributed by atoms with Crippen molar-refractivity contribution in [3.8, 4) is 11.5 Å². The van der Waals surface area contributed by atoms with Gasteiger partial charge in [0.15, 0.2) is 5.78 Å². The molecule has 0 radical (unpaired) electrons. The highest BCUT2D eigenvalue weighted by Crippen LogP contribution is 2.35. The second kappa shape index (κ2) is 9.65. The number of hydrogen-bond donors (Lipinski definition) is 0. The van der Waals surface area contributed by atoms with Crippen LogP contribution in [-0.2, 0) is 20.9 Å².